The molecule has 26 heavy (non-hydrogen) atoms. The normalized spacial score (nSPS) is 23.3. The van der Waals surface area contributed by atoms with Crippen LogP contribution >= 0.6 is 11.8 Å². The lowest BCUT2D eigenvalue weighted by molar-refractivity contribution is -0.146. The minimum Gasteiger partial charge on any atom is -0.392 e. The Kier molecular flexibility index (Phi) is 7.59. The second kappa shape index (κ2) is 9.47. The van der Waals surface area contributed by atoms with E-state index in [0.717, 1.165) is 12.1 Å². The Morgan fingerprint density at radius 1 is 1.19 bits per heavy atom. The predicted molar refractivity (Wildman–Crippen MR) is 95.7 cm³/mol. The van der Waals surface area contributed by atoms with Gasteiger partial charge in [-0.15, -0.1) is 11.8 Å². The molecular weight excluding hydrogens is 365 g/mol. The molecule has 0 aliphatic carbocycles. The predicted octanol–water partition coefficient (Wildman–Crippen LogP) is 3.86. The monoisotopic (exact) mass is 386 g/mol. The molecule has 2 unspecified atom stereocenters. The maximum Gasteiger partial charge on any atom is 0.416 e. The third kappa shape index (κ3) is 6.69. The summed E-state index contributed by atoms with van der Waals surface area (Å²) < 4.78 is 48.6. The molecule has 1 aliphatic rings. The lowest BCUT2D eigenvalue weighted by Crippen LogP contribution is -2.34. The van der Waals surface area contributed by atoms with Crippen molar-refractivity contribution in [3.05, 3.63) is 47.5 Å². The first kappa shape index (κ1) is 20.8. The number of ether oxygens (including phenoxy) is 2. The summed E-state index contributed by atoms with van der Waals surface area (Å²) in [5.41, 5.74) is -0.198. The van der Waals surface area contributed by atoms with Gasteiger partial charge in [-0.3, -0.25) is 0 Å². The minimum absolute atomic E-state index is 0.105. The van der Waals surface area contributed by atoms with Crippen molar-refractivity contribution < 1.29 is 27.8 Å². The number of allylic oxidation sites excluding steroid dienone is 1. The van der Waals surface area contributed by atoms with E-state index in [0.29, 0.717) is 18.8 Å². The van der Waals surface area contributed by atoms with Crippen molar-refractivity contribution in [2.45, 2.75) is 42.9 Å². The van der Waals surface area contributed by atoms with Crippen molar-refractivity contribution in [2.75, 3.05) is 13.2 Å². The van der Waals surface area contributed by atoms with Crippen LogP contribution < -0.4 is 0 Å². The smallest absolute Gasteiger partial charge is 0.392 e. The molecule has 1 saturated heterocycles. The molecule has 1 aromatic rings. The van der Waals surface area contributed by atoms with Gasteiger partial charge in [-0.1, -0.05) is 18.8 Å². The Labute approximate surface area is 155 Å². The van der Waals surface area contributed by atoms with Crippen LogP contribution in [0.25, 0.3) is 0 Å². The standard InChI is InChI=1S/C19H21F3O3S/c1-13(23)14(2)26-17-11-24-18(25-12-17)6-4-3-5-15-7-9-16(10-8-15)19(20,21)22/h4,6-10,13-14,17-18,23H,11-12H2,1-2H3/b6-4+. The van der Waals surface area contributed by atoms with Crippen molar-refractivity contribution in [2.24, 2.45) is 0 Å². The quantitative estimate of drug-likeness (QED) is 0.798. The minimum atomic E-state index is -4.34. The van der Waals surface area contributed by atoms with Crippen LogP contribution in [0.3, 0.4) is 0 Å². The van der Waals surface area contributed by atoms with Gasteiger partial charge in [-0.2, -0.15) is 13.2 Å². The van der Waals surface area contributed by atoms with Gasteiger partial charge < -0.3 is 14.6 Å². The molecular formula is C19H21F3O3S. The maximum atomic E-state index is 12.5. The lowest BCUT2D eigenvalue weighted by atomic mass is 10.1. The summed E-state index contributed by atoms with van der Waals surface area (Å²) >= 11 is 1.63. The largest absolute Gasteiger partial charge is 0.416 e. The second-order valence-corrected chi connectivity index (χ2v) is 7.62. The average Bonchev–Trinajstić information content (AvgIpc) is 2.59. The molecule has 0 radical (unpaired) electrons. The highest BCUT2D eigenvalue weighted by Gasteiger charge is 2.29. The molecule has 0 amide bonds. The molecule has 1 aliphatic heterocycles. The molecule has 0 spiro atoms. The fraction of sp³-hybridized carbons (Fsp3) is 0.474. The zero-order valence-corrected chi connectivity index (χ0v) is 15.3. The Balaban J connectivity index is 1.79. The van der Waals surface area contributed by atoms with Crippen LogP contribution in [0.4, 0.5) is 13.2 Å². The molecule has 2 atom stereocenters. The van der Waals surface area contributed by atoms with E-state index in [4.69, 9.17) is 9.47 Å². The number of aliphatic hydroxyl groups is 1. The third-order valence-corrected chi connectivity index (χ3v) is 5.22. The van der Waals surface area contributed by atoms with E-state index in [1.165, 1.54) is 12.1 Å². The fourth-order valence-electron chi connectivity index (χ4n) is 2.10. The van der Waals surface area contributed by atoms with E-state index >= 15 is 0 Å². The molecule has 7 heteroatoms. The van der Waals surface area contributed by atoms with E-state index < -0.39 is 24.1 Å². The van der Waals surface area contributed by atoms with Crippen LogP contribution in [0.15, 0.2) is 36.4 Å². The molecule has 3 nitrogen and oxygen atoms in total. The summed E-state index contributed by atoms with van der Waals surface area (Å²) in [4.78, 5) is 0. The van der Waals surface area contributed by atoms with E-state index in [1.54, 1.807) is 30.8 Å². The first-order chi connectivity index (χ1) is 12.3. The van der Waals surface area contributed by atoms with Crippen LogP contribution in [-0.4, -0.2) is 41.2 Å². The summed E-state index contributed by atoms with van der Waals surface area (Å²) in [5.74, 6) is 5.52. The van der Waals surface area contributed by atoms with Crippen LogP contribution in [0.2, 0.25) is 0 Å². The van der Waals surface area contributed by atoms with Gasteiger partial charge >= 0.3 is 6.18 Å². The van der Waals surface area contributed by atoms with Gasteiger partial charge in [0.05, 0.1) is 30.1 Å². The number of halogens is 3. The molecule has 142 valence electrons. The topological polar surface area (TPSA) is 38.7 Å². The number of aliphatic hydroxyl groups excluding tert-OH is 1. The number of hydrogen-bond acceptors (Lipinski definition) is 4. The molecule has 0 bridgehead atoms. The highest BCUT2D eigenvalue weighted by Crippen LogP contribution is 2.29. The summed E-state index contributed by atoms with van der Waals surface area (Å²) in [5, 5.41) is 9.79. The van der Waals surface area contributed by atoms with Crippen molar-refractivity contribution in [3.63, 3.8) is 0 Å². The van der Waals surface area contributed by atoms with Crippen LogP contribution in [0.1, 0.15) is 25.0 Å². The van der Waals surface area contributed by atoms with Gasteiger partial charge in [0.2, 0.25) is 0 Å². The van der Waals surface area contributed by atoms with Gasteiger partial charge in [-0.05, 0) is 43.3 Å². The molecule has 0 saturated carbocycles. The first-order valence-electron chi connectivity index (χ1n) is 8.18. The third-order valence-electron chi connectivity index (χ3n) is 3.74. The number of hydrogen-bond donors (Lipinski definition) is 1. The molecule has 1 aromatic carbocycles. The fourth-order valence-corrected chi connectivity index (χ4v) is 3.25. The van der Waals surface area contributed by atoms with Crippen LogP contribution in [0.5, 0.6) is 0 Å². The Bertz CT molecular complexity index is 651. The van der Waals surface area contributed by atoms with Crippen molar-refractivity contribution >= 4 is 11.8 Å². The van der Waals surface area contributed by atoms with Crippen molar-refractivity contribution in [1.82, 2.24) is 0 Å². The average molecular weight is 386 g/mol. The molecule has 1 heterocycles. The van der Waals surface area contributed by atoms with Gasteiger partial charge in [-0.25, -0.2) is 0 Å². The lowest BCUT2D eigenvalue weighted by Gasteiger charge is -2.29. The van der Waals surface area contributed by atoms with E-state index in [9.17, 15) is 18.3 Å². The highest BCUT2D eigenvalue weighted by atomic mass is 32.2. The molecule has 1 fully saturated rings. The number of benzene rings is 1. The van der Waals surface area contributed by atoms with Gasteiger partial charge in [0.25, 0.3) is 0 Å². The van der Waals surface area contributed by atoms with Crippen LogP contribution in [-0.2, 0) is 15.7 Å². The zero-order chi connectivity index (χ0) is 19.2. The zero-order valence-electron chi connectivity index (χ0n) is 14.5. The summed E-state index contributed by atoms with van der Waals surface area (Å²) in [6.07, 6.45) is -2.00. The van der Waals surface area contributed by atoms with E-state index in [-0.39, 0.29) is 10.5 Å². The van der Waals surface area contributed by atoms with Crippen molar-refractivity contribution in [3.8, 4) is 11.8 Å². The highest BCUT2D eigenvalue weighted by molar-refractivity contribution is 8.00. The van der Waals surface area contributed by atoms with Crippen LogP contribution in [0, 0.1) is 11.8 Å². The Morgan fingerprint density at radius 3 is 2.35 bits per heavy atom. The second-order valence-electron chi connectivity index (χ2n) is 5.94. The molecule has 1 N–H and O–H groups in total. The summed E-state index contributed by atoms with van der Waals surface area (Å²) in [7, 11) is 0. The first-order valence-corrected chi connectivity index (χ1v) is 9.12. The number of alkyl halides is 3. The van der Waals surface area contributed by atoms with E-state index in [1.807, 2.05) is 6.92 Å². The van der Waals surface area contributed by atoms with Gasteiger partial charge in [0, 0.05) is 10.8 Å². The molecule has 0 aromatic heterocycles. The summed E-state index contributed by atoms with van der Waals surface area (Å²) in [6, 6.07) is 4.69. The van der Waals surface area contributed by atoms with E-state index in [2.05, 4.69) is 11.8 Å². The molecule has 2 rings (SSSR count). The Morgan fingerprint density at radius 2 is 1.81 bits per heavy atom. The summed E-state index contributed by atoms with van der Waals surface area (Å²) in [6.45, 7) is 4.74. The number of rotatable bonds is 4. The van der Waals surface area contributed by atoms with Crippen molar-refractivity contribution in [1.29, 1.82) is 0 Å². The maximum absolute atomic E-state index is 12.5. The van der Waals surface area contributed by atoms with Gasteiger partial charge in [0.1, 0.15) is 0 Å². The number of thioether (sulfide) groups is 1. The Hall–Kier alpha value is -1.46. The van der Waals surface area contributed by atoms with Gasteiger partial charge in [0.15, 0.2) is 6.29 Å². The SMILES string of the molecule is CC(O)C(C)SC1COC(/C=C/C#Cc2ccc(C(F)(F)F)cc2)OC1.